The van der Waals surface area contributed by atoms with Crippen molar-refractivity contribution in [2.75, 3.05) is 0 Å². The first kappa shape index (κ1) is 14.6. The summed E-state index contributed by atoms with van der Waals surface area (Å²) in [6.45, 7) is 3.33. The van der Waals surface area contributed by atoms with Crippen molar-refractivity contribution >= 4 is 23.5 Å². The molecule has 0 aliphatic heterocycles. The van der Waals surface area contributed by atoms with Crippen LogP contribution in [0, 0.1) is 0 Å². The number of carbonyl (C=O) groups excluding carboxylic acids is 1. The van der Waals surface area contributed by atoms with Crippen molar-refractivity contribution in [3.8, 4) is 0 Å². The number of carboxylic acid groups (broad SMARTS) is 1. The number of aliphatic carboxylic acids is 1. The monoisotopic (exact) mass is 294 g/mol. The summed E-state index contributed by atoms with van der Waals surface area (Å²) in [5, 5.41) is 9.35. The van der Waals surface area contributed by atoms with Gasteiger partial charge in [0, 0.05) is 10.6 Å². The highest BCUT2D eigenvalue weighted by molar-refractivity contribution is 6.30. The van der Waals surface area contributed by atoms with Gasteiger partial charge in [-0.05, 0) is 37.0 Å². The van der Waals surface area contributed by atoms with E-state index >= 15 is 0 Å². The van der Waals surface area contributed by atoms with E-state index in [1.165, 1.54) is 0 Å². The Labute approximate surface area is 122 Å². The first-order valence-electron chi connectivity index (χ1n) is 6.32. The highest BCUT2D eigenvalue weighted by Gasteiger charge is 2.42. The van der Waals surface area contributed by atoms with Crippen molar-refractivity contribution in [1.82, 2.24) is 0 Å². The van der Waals surface area contributed by atoms with Gasteiger partial charge in [0.2, 0.25) is 0 Å². The zero-order valence-electron chi connectivity index (χ0n) is 10.9. The summed E-state index contributed by atoms with van der Waals surface area (Å²) >= 11 is 5.85. The summed E-state index contributed by atoms with van der Waals surface area (Å²) in [5.74, 6) is -1.75. The molecule has 5 heteroatoms. The zero-order chi connectivity index (χ0) is 14.8. The first-order valence-corrected chi connectivity index (χ1v) is 6.70. The third-order valence-electron chi connectivity index (χ3n) is 3.50. The van der Waals surface area contributed by atoms with Crippen molar-refractivity contribution in [1.29, 1.82) is 0 Å². The average molecular weight is 295 g/mol. The minimum absolute atomic E-state index is 0.166. The van der Waals surface area contributed by atoms with Gasteiger partial charge in [0.15, 0.2) is 0 Å². The van der Waals surface area contributed by atoms with Crippen LogP contribution in [0.2, 0.25) is 5.02 Å². The maximum absolute atomic E-state index is 11.8. The van der Waals surface area contributed by atoms with Crippen molar-refractivity contribution in [2.45, 2.75) is 31.3 Å². The van der Waals surface area contributed by atoms with Crippen LogP contribution >= 0.6 is 11.6 Å². The SMILES string of the molecule is C=C(CC(=O)OC1(c2ccc(Cl)cc2)CCC1)C(=O)O. The summed E-state index contributed by atoms with van der Waals surface area (Å²) in [5.41, 5.74) is 0.0866. The molecule has 0 saturated heterocycles. The van der Waals surface area contributed by atoms with Gasteiger partial charge in [-0.2, -0.15) is 0 Å². The van der Waals surface area contributed by atoms with Gasteiger partial charge in [0.05, 0.1) is 6.42 Å². The summed E-state index contributed by atoms with van der Waals surface area (Å²) in [4.78, 5) is 22.5. The Balaban J connectivity index is 2.08. The summed E-state index contributed by atoms with van der Waals surface area (Å²) in [6, 6.07) is 7.17. The van der Waals surface area contributed by atoms with Crippen LogP contribution in [-0.2, 0) is 19.9 Å². The van der Waals surface area contributed by atoms with Gasteiger partial charge >= 0.3 is 11.9 Å². The van der Waals surface area contributed by atoms with E-state index in [0.717, 1.165) is 24.8 Å². The Morgan fingerprint density at radius 2 is 1.90 bits per heavy atom. The maximum atomic E-state index is 11.8. The van der Waals surface area contributed by atoms with Gasteiger partial charge in [0.25, 0.3) is 0 Å². The van der Waals surface area contributed by atoms with Gasteiger partial charge in [-0.1, -0.05) is 30.3 Å². The number of carboxylic acids is 1. The number of halogens is 1. The molecule has 0 unspecified atom stereocenters. The third kappa shape index (κ3) is 3.02. The van der Waals surface area contributed by atoms with E-state index in [1.807, 2.05) is 12.1 Å². The van der Waals surface area contributed by atoms with Crippen molar-refractivity contribution in [2.24, 2.45) is 0 Å². The van der Waals surface area contributed by atoms with Crippen LogP contribution in [-0.4, -0.2) is 17.0 Å². The maximum Gasteiger partial charge on any atom is 0.331 e. The van der Waals surface area contributed by atoms with E-state index in [2.05, 4.69) is 6.58 Å². The Bertz CT molecular complexity index is 543. The fraction of sp³-hybridized carbons (Fsp3) is 0.333. The van der Waals surface area contributed by atoms with E-state index in [1.54, 1.807) is 12.1 Å². The van der Waals surface area contributed by atoms with Crippen LogP contribution in [0.3, 0.4) is 0 Å². The topological polar surface area (TPSA) is 63.6 Å². The lowest BCUT2D eigenvalue weighted by Crippen LogP contribution is -2.39. The molecule has 1 fully saturated rings. The molecular weight excluding hydrogens is 280 g/mol. The quantitative estimate of drug-likeness (QED) is 0.668. The third-order valence-corrected chi connectivity index (χ3v) is 3.75. The van der Waals surface area contributed by atoms with Gasteiger partial charge in [0.1, 0.15) is 5.60 Å². The molecule has 0 aromatic heterocycles. The predicted molar refractivity (Wildman–Crippen MR) is 74.5 cm³/mol. The second-order valence-corrected chi connectivity index (χ2v) is 5.35. The fourth-order valence-corrected chi connectivity index (χ4v) is 2.33. The molecule has 106 valence electrons. The molecule has 1 N–H and O–H groups in total. The first-order chi connectivity index (χ1) is 9.43. The Kier molecular flexibility index (Phi) is 4.14. The molecular formula is C15H15ClO4. The number of rotatable bonds is 5. The number of hydrogen-bond acceptors (Lipinski definition) is 3. The van der Waals surface area contributed by atoms with Crippen LogP contribution in [0.15, 0.2) is 36.4 Å². The summed E-state index contributed by atoms with van der Waals surface area (Å²) < 4.78 is 5.51. The highest BCUT2D eigenvalue weighted by Crippen LogP contribution is 2.45. The normalized spacial score (nSPS) is 16.1. The molecule has 1 saturated carbocycles. The second-order valence-electron chi connectivity index (χ2n) is 4.91. The molecule has 2 rings (SSSR count). The fourth-order valence-electron chi connectivity index (χ4n) is 2.21. The smallest absolute Gasteiger partial charge is 0.331 e. The zero-order valence-corrected chi connectivity index (χ0v) is 11.7. The molecule has 4 nitrogen and oxygen atoms in total. The van der Waals surface area contributed by atoms with E-state index in [-0.39, 0.29) is 12.0 Å². The number of esters is 1. The van der Waals surface area contributed by atoms with E-state index in [0.29, 0.717) is 5.02 Å². The molecule has 20 heavy (non-hydrogen) atoms. The molecule has 0 spiro atoms. The van der Waals surface area contributed by atoms with Crippen LogP contribution in [0.4, 0.5) is 0 Å². The molecule has 0 radical (unpaired) electrons. The molecule has 0 amide bonds. The van der Waals surface area contributed by atoms with Crippen molar-refractivity contribution < 1.29 is 19.4 Å². The molecule has 0 atom stereocenters. The Hall–Kier alpha value is -1.81. The lowest BCUT2D eigenvalue weighted by Gasteiger charge is -2.41. The molecule has 1 aliphatic rings. The lowest BCUT2D eigenvalue weighted by atomic mass is 9.75. The number of ether oxygens (including phenoxy) is 1. The number of hydrogen-bond donors (Lipinski definition) is 1. The average Bonchev–Trinajstić information content (AvgIpc) is 2.35. The summed E-state index contributed by atoms with van der Waals surface area (Å²) in [7, 11) is 0. The van der Waals surface area contributed by atoms with Crippen molar-refractivity contribution in [3.05, 3.63) is 47.0 Å². The number of benzene rings is 1. The van der Waals surface area contributed by atoms with Gasteiger partial charge < -0.3 is 9.84 Å². The van der Waals surface area contributed by atoms with Gasteiger partial charge in [-0.25, -0.2) is 4.79 Å². The Morgan fingerprint density at radius 1 is 1.30 bits per heavy atom. The van der Waals surface area contributed by atoms with Crippen LogP contribution in [0.25, 0.3) is 0 Å². The van der Waals surface area contributed by atoms with Crippen LogP contribution in [0.5, 0.6) is 0 Å². The van der Waals surface area contributed by atoms with Gasteiger partial charge in [-0.15, -0.1) is 0 Å². The summed E-state index contributed by atoms with van der Waals surface area (Å²) in [6.07, 6.45) is 2.14. The Morgan fingerprint density at radius 3 is 2.35 bits per heavy atom. The van der Waals surface area contributed by atoms with Crippen LogP contribution < -0.4 is 0 Å². The second kappa shape index (κ2) is 5.67. The molecule has 1 aromatic rings. The minimum atomic E-state index is -1.18. The van der Waals surface area contributed by atoms with Gasteiger partial charge in [-0.3, -0.25) is 4.79 Å². The standard InChI is InChI=1S/C15H15ClO4/c1-10(14(18)19)9-13(17)20-15(7-2-8-15)11-3-5-12(16)6-4-11/h3-6H,1-2,7-9H2,(H,18,19). The van der Waals surface area contributed by atoms with E-state index < -0.39 is 17.5 Å². The number of carbonyl (C=O) groups is 2. The molecule has 0 bridgehead atoms. The molecule has 1 aromatic carbocycles. The predicted octanol–water partition coefficient (Wildman–Crippen LogP) is 3.29. The lowest BCUT2D eigenvalue weighted by molar-refractivity contribution is -0.171. The molecule has 1 aliphatic carbocycles. The molecule has 0 heterocycles. The largest absolute Gasteiger partial charge is 0.478 e. The van der Waals surface area contributed by atoms with E-state index in [9.17, 15) is 9.59 Å². The van der Waals surface area contributed by atoms with Crippen LogP contribution in [0.1, 0.15) is 31.2 Å². The van der Waals surface area contributed by atoms with Crippen molar-refractivity contribution in [3.63, 3.8) is 0 Å². The minimum Gasteiger partial charge on any atom is -0.478 e. The van der Waals surface area contributed by atoms with E-state index in [4.69, 9.17) is 21.4 Å². The highest BCUT2D eigenvalue weighted by atomic mass is 35.5.